The molecule has 0 saturated carbocycles. The Morgan fingerprint density at radius 3 is 2.14 bits per heavy atom. The van der Waals surface area contributed by atoms with Crippen molar-refractivity contribution in [3.05, 3.63) is 117 Å². The van der Waals surface area contributed by atoms with Gasteiger partial charge in [0.25, 0.3) is 11.8 Å². The summed E-state index contributed by atoms with van der Waals surface area (Å²) in [5.74, 6) is -0.0619. The van der Waals surface area contributed by atoms with E-state index in [1.54, 1.807) is 47.5 Å². The molecule has 58 heavy (non-hydrogen) atoms. The van der Waals surface area contributed by atoms with E-state index in [1.807, 2.05) is 19.2 Å². The molecule has 312 valence electrons. The highest BCUT2D eigenvalue weighted by Crippen LogP contribution is 2.38. The molecule has 13 heteroatoms. The van der Waals surface area contributed by atoms with Crippen LogP contribution in [-0.4, -0.2) is 118 Å². The van der Waals surface area contributed by atoms with Crippen LogP contribution in [0.5, 0.6) is 0 Å². The molecule has 3 amide bonds. The van der Waals surface area contributed by atoms with Crippen molar-refractivity contribution in [1.82, 2.24) is 15.1 Å². The van der Waals surface area contributed by atoms with Crippen molar-refractivity contribution in [1.29, 1.82) is 0 Å². The molecule has 1 saturated heterocycles. The average Bonchev–Trinajstić information content (AvgIpc) is 3.66. The molecule has 5 N–H and O–H groups in total. The van der Waals surface area contributed by atoms with Crippen LogP contribution in [0.3, 0.4) is 0 Å². The van der Waals surface area contributed by atoms with Gasteiger partial charge in [-0.1, -0.05) is 48.5 Å². The molecule has 1 aliphatic heterocycles. The number of benzene rings is 3. The number of ether oxygens (including phenoxy) is 1. The summed E-state index contributed by atoms with van der Waals surface area (Å²) in [6.07, 6.45) is 9.61. The van der Waals surface area contributed by atoms with Gasteiger partial charge in [-0.25, -0.2) is 0 Å². The Hall–Kier alpha value is -4.92. The number of anilines is 2. The maximum atomic E-state index is 13.0. The number of likely N-dealkylation sites (N-methyl/N-ethyl adjacent to an activating group) is 1. The molecule has 1 aliphatic carbocycles. The van der Waals surface area contributed by atoms with Gasteiger partial charge in [-0.3, -0.25) is 24.1 Å². The number of aliphatic hydroxyl groups is 2. The molecule has 0 bridgehead atoms. The molecule has 2 heterocycles. The monoisotopic (exact) mass is 813 g/mol. The van der Waals surface area contributed by atoms with E-state index < -0.39 is 0 Å². The second-order valence-electron chi connectivity index (χ2n) is 14.2. The fraction of sp³-hybridized carbons (Fsp3) is 0.422. The number of amides is 3. The molecule has 2 aliphatic rings. The van der Waals surface area contributed by atoms with Crippen molar-refractivity contribution in [2.24, 2.45) is 0 Å². The number of hydrogen-bond acceptors (Lipinski definition) is 10. The molecule has 0 atom stereocenters. The summed E-state index contributed by atoms with van der Waals surface area (Å²) in [5.41, 5.74) is 7.79. The fourth-order valence-corrected chi connectivity index (χ4v) is 7.98. The van der Waals surface area contributed by atoms with Crippen molar-refractivity contribution in [2.75, 3.05) is 83.9 Å². The largest absolute Gasteiger partial charge is 0.396 e. The Labute approximate surface area is 346 Å². The van der Waals surface area contributed by atoms with E-state index >= 15 is 0 Å². The van der Waals surface area contributed by atoms with Crippen molar-refractivity contribution in [2.45, 2.75) is 51.4 Å². The molecule has 0 unspecified atom stereocenters. The van der Waals surface area contributed by atoms with Crippen LogP contribution >= 0.6 is 11.3 Å². The number of nitrogens with zero attached hydrogens (tertiary/aromatic N) is 2. The lowest BCUT2D eigenvalue weighted by Gasteiger charge is -2.28. The van der Waals surface area contributed by atoms with E-state index in [4.69, 9.17) is 14.9 Å². The molecule has 4 aromatic rings. The highest BCUT2D eigenvalue weighted by Gasteiger charge is 2.25. The average molecular weight is 814 g/mol. The molecule has 1 fully saturated rings. The second-order valence-corrected chi connectivity index (χ2v) is 15.3. The molecule has 0 spiro atoms. The Morgan fingerprint density at radius 2 is 1.53 bits per heavy atom. The van der Waals surface area contributed by atoms with E-state index in [0.717, 1.165) is 93.9 Å². The maximum absolute atomic E-state index is 13.0. The molecule has 3 aromatic carbocycles. The minimum Gasteiger partial charge on any atom is -0.396 e. The summed E-state index contributed by atoms with van der Waals surface area (Å²) in [6.45, 7) is 5.44. The summed E-state index contributed by atoms with van der Waals surface area (Å²) in [5, 5.41) is 26.6. The molecule has 12 nitrogen and oxygen atoms in total. The first-order valence-corrected chi connectivity index (χ1v) is 20.9. The third-order valence-corrected chi connectivity index (χ3v) is 11.3. The van der Waals surface area contributed by atoms with Crippen LogP contribution in [0.15, 0.2) is 72.8 Å². The standard InChI is InChI=1S/C27H32N2O2S.C15H20N2O3.C3H7NO2/c1-28-27-25(23-7-2-3-8-24(23)32-27)26(31)29-22-15-13-20(14-16-22)6-4-5-19-9-11-21(12-10-19)17-18-30;1-16(5-6-17-7-9-20-10-8-17)15(19)14-4-2-3-13(11-14)12-18;5-2-1-4-3-6/h9-16,28,30H,2-8,17-18H2,1H3,(H,29,31);2-4,11-12H,5-10H2,1H3;3,5H,1-2H2,(H,4,6). The summed E-state index contributed by atoms with van der Waals surface area (Å²) in [6, 6.07) is 23.6. The number of carbonyl (C=O) groups is 4. The van der Waals surface area contributed by atoms with Gasteiger partial charge in [0.05, 0.1) is 25.4 Å². The lowest BCUT2D eigenvalue weighted by molar-refractivity contribution is -0.109. The second kappa shape index (κ2) is 25.4. The van der Waals surface area contributed by atoms with Gasteiger partial charge in [0, 0.05) is 75.1 Å². The summed E-state index contributed by atoms with van der Waals surface area (Å²) < 4.78 is 5.29. The van der Waals surface area contributed by atoms with Crippen LogP contribution in [0.1, 0.15) is 77.5 Å². The Bertz CT molecular complexity index is 1860. The topological polar surface area (TPSA) is 161 Å². The number of morpholine rings is 1. The predicted molar refractivity (Wildman–Crippen MR) is 231 cm³/mol. The van der Waals surface area contributed by atoms with Crippen LogP contribution in [0.2, 0.25) is 0 Å². The molecular formula is C45H59N5O7S. The predicted octanol–water partition coefficient (Wildman–Crippen LogP) is 5.26. The normalized spacial score (nSPS) is 13.4. The van der Waals surface area contributed by atoms with Crippen LogP contribution in [0.4, 0.5) is 10.7 Å². The molecule has 0 radical (unpaired) electrons. The summed E-state index contributed by atoms with van der Waals surface area (Å²) in [7, 11) is 3.68. The van der Waals surface area contributed by atoms with Gasteiger partial charge >= 0.3 is 0 Å². The van der Waals surface area contributed by atoms with Gasteiger partial charge in [-0.2, -0.15) is 0 Å². The maximum Gasteiger partial charge on any atom is 0.258 e. The number of aldehydes is 1. The molecule has 6 rings (SSSR count). The van der Waals surface area contributed by atoms with Gasteiger partial charge in [0.15, 0.2) is 0 Å². The fourth-order valence-electron chi connectivity index (χ4n) is 6.74. The van der Waals surface area contributed by atoms with Crippen LogP contribution in [0.25, 0.3) is 0 Å². The van der Waals surface area contributed by atoms with Crippen LogP contribution in [-0.2, 0) is 41.6 Å². The number of fused-ring (bicyclic) bond motifs is 1. The molecular weight excluding hydrogens is 755 g/mol. The highest BCUT2D eigenvalue weighted by molar-refractivity contribution is 7.16. The van der Waals surface area contributed by atoms with Crippen molar-refractivity contribution in [3.63, 3.8) is 0 Å². The third kappa shape index (κ3) is 14.8. The Kier molecular flexibility index (Phi) is 20.1. The first-order chi connectivity index (χ1) is 28.3. The van der Waals surface area contributed by atoms with Gasteiger partial charge in [0.2, 0.25) is 6.41 Å². The van der Waals surface area contributed by atoms with Crippen molar-refractivity contribution >= 4 is 46.5 Å². The molecule has 1 aromatic heterocycles. The lowest BCUT2D eigenvalue weighted by atomic mass is 9.95. The van der Waals surface area contributed by atoms with Gasteiger partial charge in [-0.05, 0) is 97.9 Å². The zero-order valence-corrected chi connectivity index (χ0v) is 34.7. The minimum atomic E-state index is -0.0537. The van der Waals surface area contributed by atoms with Crippen molar-refractivity contribution in [3.8, 4) is 0 Å². The number of hydrogen-bond donors (Lipinski definition) is 5. The van der Waals surface area contributed by atoms with E-state index in [0.29, 0.717) is 37.0 Å². The summed E-state index contributed by atoms with van der Waals surface area (Å²) in [4.78, 5) is 50.7. The van der Waals surface area contributed by atoms with Crippen LogP contribution < -0.4 is 16.0 Å². The smallest absolute Gasteiger partial charge is 0.258 e. The van der Waals surface area contributed by atoms with Gasteiger partial charge in [0.1, 0.15) is 11.3 Å². The first-order valence-electron chi connectivity index (χ1n) is 20.1. The van der Waals surface area contributed by atoms with Gasteiger partial charge < -0.3 is 35.8 Å². The van der Waals surface area contributed by atoms with E-state index in [9.17, 15) is 19.2 Å². The van der Waals surface area contributed by atoms with Crippen molar-refractivity contribution < 1.29 is 34.1 Å². The highest BCUT2D eigenvalue weighted by atomic mass is 32.1. The number of nitrogens with one attached hydrogen (secondary N) is 3. The quantitative estimate of drug-likeness (QED) is 0.0709. The zero-order valence-electron chi connectivity index (χ0n) is 33.8. The third-order valence-electron chi connectivity index (χ3n) is 10.0. The zero-order chi connectivity index (χ0) is 41.5. The Morgan fingerprint density at radius 1 is 0.879 bits per heavy atom. The van der Waals surface area contributed by atoms with Gasteiger partial charge in [-0.15, -0.1) is 11.3 Å². The number of rotatable bonds is 17. The SMILES string of the molecule is CN(CCN1CCOCC1)C(=O)c1cccc(C=O)c1.CNc1sc2c(c1C(=O)Nc1ccc(CCCc3ccc(CCO)cc3)cc1)CCCC2.O=CNCCO. The summed E-state index contributed by atoms with van der Waals surface area (Å²) >= 11 is 1.73. The van der Waals surface area contributed by atoms with Crippen LogP contribution in [0, 0.1) is 0 Å². The van der Waals surface area contributed by atoms with E-state index in [2.05, 4.69) is 57.2 Å². The van der Waals surface area contributed by atoms with E-state index in [1.165, 1.54) is 33.6 Å². The lowest BCUT2D eigenvalue weighted by Crippen LogP contribution is -2.41. The van der Waals surface area contributed by atoms with E-state index in [-0.39, 0.29) is 25.0 Å². The minimum absolute atomic E-state index is 0.00820. The number of thiophene rings is 1. The first kappa shape index (κ1) is 45.8. The number of aliphatic hydroxyl groups excluding tert-OH is 2. The Balaban J connectivity index is 0.000000243. The number of aryl methyl sites for hydroxylation is 3. The number of carbonyl (C=O) groups excluding carboxylic acids is 4.